The van der Waals surface area contributed by atoms with E-state index in [1.54, 1.807) is 19.2 Å². The Morgan fingerprint density at radius 2 is 2.12 bits per heavy atom. The average molecular weight is 242 g/mol. The van der Waals surface area contributed by atoms with Gasteiger partial charge in [0.15, 0.2) is 11.6 Å². The zero-order valence-corrected chi connectivity index (χ0v) is 10.3. The maximum absolute atomic E-state index is 13.4. The van der Waals surface area contributed by atoms with E-state index in [1.807, 2.05) is 0 Å². The largest absolute Gasteiger partial charge is 0.494 e. The van der Waals surface area contributed by atoms with Gasteiger partial charge >= 0.3 is 0 Å². The molecule has 1 unspecified atom stereocenters. The lowest BCUT2D eigenvalue weighted by Crippen LogP contribution is -2.11. The summed E-state index contributed by atoms with van der Waals surface area (Å²) in [4.78, 5) is 0. The van der Waals surface area contributed by atoms with E-state index >= 15 is 0 Å². The molecule has 0 aromatic heterocycles. The molecule has 0 radical (unpaired) electrons. The molecule has 0 bridgehead atoms. The number of benzene rings is 1. The summed E-state index contributed by atoms with van der Waals surface area (Å²) in [6, 6.07) is 4.74. The molecule has 1 N–H and O–H groups in total. The number of hydrogen-bond donors (Lipinski definition) is 1. The van der Waals surface area contributed by atoms with Gasteiger partial charge in [-0.3, -0.25) is 0 Å². The molecule has 4 heteroatoms. The van der Waals surface area contributed by atoms with Gasteiger partial charge in [-0.15, -0.1) is 0 Å². The average Bonchev–Trinajstić information content (AvgIpc) is 2.29. The SMILES string of the molecule is COCCCC(O)Cc1ccc(OC)c(F)c1. The molecule has 1 atom stereocenters. The predicted octanol–water partition coefficient (Wildman–Crippen LogP) is 2.16. The maximum Gasteiger partial charge on any atom is 0.165 e. The topological polar surface area (TPSA) is 38.7 Å². The molecule has 0 saturated heterocycles. The van der Waals surface area contributed by atoms with Crippen molar-refractivity contribution >= 4 is 0 Å². The smallest absolute Gasteiger partial charge is 0.165 e. The van der Waals surface area contributed by atoms with Crippen LogP contribution in [0, 0.1) is 5.82 Å². The van der Waals surface area contributed by atoms with Crippen molar-refractivity contribution in [2.24, 2.45) is 0 Å². The van der Waals surface area contributed by atoms with E-state index in [0.717, 1.165) is 12.0 Å². The number of hydrogen-bond acceptors (Lipinski definition) is 3. The highest BCUT2D eigenvalue weighted by Crippen LogP contribution is 2.19. The lowest BCUT2D eigenvalue weighted by Gasteiger charge is -2.11. The Labute approximate surface area is 101 Å². The highest BCUT2D eigenvalue weighted by Gasteiger charge is 2.08. The van der Waals surface area contributed by atoms with Gasteiger partial charge in [0.05, 0.1) is 13.2 Å². The first kappa shape index (κ1) is 13.9. The van der Waals surface area contributed by atoms with Gasteiger partial charge in [0.1, 0.15) is 0 Å². The van der Waals surface area contributed by atoms with Crippen LogP contribution in [0.5, 0.6) is 5.75 Å². The zero-order valence-electron chi connectivity index (χ0n) is 10.3. The van der Waals surface area contributed by atoms with Crippen LogP contribution >= 0.6 is 0 Å². The molecule has 0 fully saturated rings. The predicted molar refractivity (Wildman–Crippen MR) is 63.8 cm³/mol. The molecule has 1 aromatic rings. The zero-order chi connectivity index (χ0) is 12.7. The summed E-state index contributed by atoms with van der Waals surface area (Å²) in [5.41, 5.74) is 0.771. The van der Waals surface area contributed by atoms with Crippen LogP contribution in [0.25, 0.3) is 0 Å². The summed E-state index contributed by atoms with van der Waals surface area (Å²) in [5.74, 6) is -0.170. The molecule has 0 aliphatic rings. The minimum Gasteiger partial charge on any atom is -0.494 e. The van der Waals surface area contributed by atoms with Crippen LogP contribution in [0.15, 0.2) is 18.2 Å². The molecular formula is C13H19FO3. The third-order valence-corrected chi connectivity index (χ3v) is 2.57. The van der Waals surface area contributed by atoms with Gasteiger partial charge in [-0.2, -0.15) is 0 Å². The van der Waals surface area contributed by atoms with Crippen LogP contribution in [-0.2, 0) is 11.2 Å². The van der Waals surface area contributed by atoms with Crippen molar-refractivity contribution in [3.8, 4) is 5.75 Å². The van der Waals surface area contributed by atoms with Crippen LogP contribution in [0.1, 0.15) is 18.4 Å². The Kier molecular flexibility index (Phi) is 5.94. The quantitative estimate of drug-likeness (QED) is 0.745. The summed E-state index contributed by atoms with van der Waals surface area (Å²) < 4.78 is 23.1. The number of rotatable bonds is 7. The number of ether oxygens (including phenoxy) is 2. The Balaban J connectivity index is 2.48. The third kappa shape index (κ3) is 4.71. The Hall–Kier alpha value is -1.13. The highest BCUT2D eigenvalue weighted by molar-refractivity contribution is 5.29. The van der Waals surface area contributed by atoms with Crippen molar-refractivity contribution in [2.45, 2.75) is 25.4 Å². The van der Waals surface area contributed by atoms with Crippen LogP contribution in [0.4, 0.5) is 4.39 Å². The van der Waals surface area contributed by atoms with Gasteiger partial charge in [-0.05, 0) is 37.0 Å². The van der Waals surface area contributed by atoms with E-state index in [2.05, 4.69) is 0 Å². The molecular weight excluding hydrogens is 223 g/mol. The first-order valence-electron chi connectivity index (χ1n) is 5.66. The van der Waals surface area contributed by atoms with Gasteiger partial charge < -0.3 is 14.6 Å². The van der Waals surface area contributed by atoms with E-state index in [9.17, 15) is 9.50 Å². The molecule has 0 spiro atoms. The van der Waals surface area contributed by atoms with Crippen molar-refractivity contribution in [3.05, 3.63) is 29.6 Å². The lowest BCUT2D eigenvalue weighted by atomic mass is 10.0. The number of methoxy groups -OCH3 is 2. The van der Waals surface area contributed by atoms with Crippen LogP contribution < -0.4 is 4.74 Å². The second-order valence-electron chi connectivity index (χ2n) is 3.96. The monoisotopic (exact) mass is 242 g/mol. The van der Waals surface area contributed by atoms with Crippen LogP contribution in [-0.4, -0.2) is 32.0 Å². The molecule has 17 heavy (non-hydrogen) atoms. The van der Waals surface area contributed by atoms with Gasteiger partial charge in [0.2, 0.25) is 0 Å². The van der Waals surface area contributed by atoms with Crippen molar-refractivity contribution in [1.29, 1.82) is 0 Å². The number of halogens is 1. The minimum absolute atomic E-state index is 0.225. The molecule has 0 saturated carbocycles. The molecule has 0 heterocycles. The first-order valence-corrected chi connectivity index (χ1v) is 5.66. The van der Waals surface area contributed by atoms with Gasteiger partial charge in [0.25, 0.3) is 0 Å². The van der Waals surface area contributed by atoms with E-state index in [-0.39, 0.29) is 5.75 Å². The standard InChI is InChI=1S/C13H19FO3/c1-16-7-3-4-11(15)8-10-5-6-13(17-2)12(14)9-10/h5-6,9,11,15H,3-4,7-8H2,1-2H3. The van der Waals surface area contributed by atoms with Crippen LogP contribution in [0.2, 0.25) is 0 Å². The van der Waals surface area contributed by atoms with E-state index in [0.29, 0.717) is 19.4 Å². The lowest BCUT2D eigenvalue weighted by molar-refractivity contribution is 0.135. The Morgan fingerprint density at radius 3 is 2.71 bits per heavy atom. The number of aliphatic hydroxyl groups is 1. The minimum atomic E-state index is -0.460. The second-order valence-corrected chi connectivity index (χ2v) is 3.96. The van der Waals surface area contributed by atoms with Gasteiger partial charge in [0, 0.05) is 13.7 Å². The summed E-state index contributed by atoms with van der Waals surface area (Å²) in [6.45, 7) is 0.633. The summed E-state index contributed by atoms with van der Waals surface area (Å²) >= 11 is 0. The third-order valence-electron chi connectivity index (χ3n) is 2.57. The first-order chi connectivity index (χ1) is 8.17. The summed E-state index contributed by atoms with van der Waals surface area (Å²) in [6.07, 6.45) is 1.44. The van der Waals surface area contributed by atoms with Crippen molar-refractivity contribution in [2.75, 3.05) is 20.8 Å². The van der Waals surface area contributed by atoms with E-state index < -0.39 is 11.9 Å². The molecule has 1 aromatic carbocycles. The van der Waals surface area contributed by atoms with Crippen molar-refractivity contribution < 1.29 is 19.0 Å². The van der Waals surface area contributed by atoms with E-state index in [4.69, 9.17) is 9.47 Å². The molecule has 1 rings (SSSR count). The highest BCUT2D eigenvalue weighted by atomic mass is 19.1. The van der Waals surface area contributed by atoms with Crippen molar-refractivity contribution in [1.82, 2.24) is 0 Å². The molecule has 0 aliphatic heterocycles. The Bertz CT molecular complexity index is 341. The fourth-order valence-electron chi connectivity index (χ4n) is 1.67. The fraction of sp³-hybridized carbons (Fsp3) is 0.538. The van der Waals surface area contributed by atoms with E-state index in [1.165, 1.54) is 13.2 Å². The van der Waals surface area contributed by atoms with Crippen LogP contribution in [0.3, 0.4) is 0 Å². The van der Waals surface area contributed by atoms with Gasteiger partial charge in [-0.25, -0.2) is 4.39 Å². The maximum atomic E-state index is 13.4. The fourth-order valence-corrected chi connectivity index (χ4v) is 1.67. The van der Waals surface area contributed by atoms with Gasteiger partial charge in [-0.1, -0.05) is 6.07 Å². The normalized spacial score (nSPS) is 12.5. The number of aliphatic hydroxyl groups excluding tert-OH is 1. The summed E-state index contributed by atoms with van der Waals surface area (Å²) in [7, 11) is 3.06. The summed E-state index contributed by atoms with van der Waals surface area (Å²) in [5, 5.41) is 9.74. The second kappa shape index (κ2) is 7.25. The molecule has 0 aliphatic carbocycles. The molecule has 96 valence electrons. The molecule has 0 amide bonds. The van der Waals surface area contributed by atoms with Crippen molar-refractivity contribution in [3.63, 3.8) is 0 Å². The molecule has 3 nitrogen and oxygen atoms in total. The Morgan fingerprint density at radius 1 is 1.35 bits per heavy atom.